The van der Waals surface area contributed by atoms with Crippen molar-refractivity contribution >= 4 is 0 Å². The number of hydrogen-bond acceptors (Lipinski definition) is 4. The molecular formula is C36H54N4. The fourth-order valence-corrected chi connectivity index (χ4v) is 5.16. The second-order valence-corrected chi connectivity index (χ2v) is 11.4. The molecule has 0 amide bonds. The van der Waals surface area contributed by atoms with Crippen LogP contribution in [0.15, 0.2) is 84.9 Å². The molecular weight excluding hydrogens is 488 g/mol. The lowest BCUT2D eigenvalue weighted by Gasteiger charge is -2.16. The molecule has 0 aliphatic heterocycles. The molecule has 3 aromatic rings. The molecule has 3 aromatic carbocycles. The summed E-state index contributed by atoms with van der Waals surface area (Å²) in [4.78, 5) is 4.86. The minimum absolute atomic E-state index is 0.966. The second-order valence-electron chi connectivity index (χ2n) is 11.4. The lowest BCUT2D eigenvalue weighted by molar-refractivity contribution is 0.316. The van der Waals surface area contributed by atoms with Gasteiger partial charge in [0, 0.05) is 26.2 Å². The molecule has 0 bridgehead atoms. The van der Waals surface area contributed by atoms with E-state index in [-0.39, 0.29) is 0 Å². The van der Waals surface area contributed by atoms with E-state index in [4.69, 9.17) is 0 Å². The molecule has 4 heteroatoms. The summed E-state index contributed by atoms with van der Waals surface area (Å²) in [5.41, 5.74) is 5.56. The van der Waals surface area contributed by atoms with Crippen LogP contribution in [-0.4, -0.2) is 50.1 Å². The fourth-order valence-electron chi connectivity index (χ4n) is 5.16. The van der Waals surface area contributed by atoms with Gasteiger partial charge >= 0.3 is 0 Å². The predicted octanol–water partition coefficient (Wildman–Crippen LogP) is 7.25. The third kappa shape index (κ3) is 14.8. The first-order valence-electron chi connectivity index (χ1n) is 15.6. The summed E-state index contributed by atoms with van der Waals surface area (Å²) in [6.45, 7) is 8.59. The normalized spacial score (nSPS) is 11.5. The minimum Gasteiger partial charge on any atom is -0.313 e. The zero-order valence-corrected chi connectivity index (χ0v) is 25.3. The van der Waals surface area contributed by atoms with Crippen LogP contribution in [0.5, 0.6) is 0 Å². The van der Waals surface area contributed by atoms with E-state index >= 15 is 0 Å². The Hall–Kier alpha value is -2.50. The highest BCUT2D eigenvalue weighted by atomic mass is 15.1. The van der Waals surface area contributed by atoms with Crippen molar-refractivity contribution < 1.29 is 0 Å². The summed E-state index contributed by atoms with van der Waals surface area (Å²) in [6, 6.07) is 30.6. The van der Waals surface area contributed by atoms with Crippen LogP contribution in [0, 0.1) is 0 Å². The monoisotopic (exact) mass is 542 g/mol. The Morgan fingerprint density at radius 2 is 0.800 bits per heavy atom. The van der Waals surface area contributed by atoms with Crippen molar-refractivity contribution in [1.82, 2.24) is 20.4 Å². The average molecular weight is 543 g/mol. The van der Waals surface area contributed by atoms with Gasteiger partial charge in [-0.3, -0.25) is 0 Å². The van der Waals surface area contributed by atoms with Gasteiger partial charge in [0.2, 0.25) is 0 Å². The van der Waals surface area contributed by atoms with Gasteiger partial charge in [0.1, 0.15) is 0 Å². The van der Waals surface area contributed by atoms with E-state index in [1.54, 1.807) is 0 Å². The van der Waals surface area contributed by atoms with Gasteiger partial charge < -0.3 is 20.4 Å². The third-order valence-corrected chi connectivity index (χ3v) is 7.56. The molecule has 0 aromatic heterocycles. The zero-order valence-electron chi connectivity index (χ0n) is 25.3. The first-order chi connectivity index (χ1) is 19.7. The molecule has 0 aliphatic carbocycles. The van der Waals surface area contributed by atoms with Crippen LogP contribution in [0.1, 0.15) is 73.6 Å². The maximum absolute atomic E-state index is 3.62. The number of nitrogens with zero attached hydrogens (tertiary/aromatic N) is 2. The van der Waals surface area contributed by atoms with Gasteiger partial charge in [0.25, 0.3) is 0 Å². The Labute approximate surface area is 245 Å². The van der Waals surface area contributed by atoms with Gasteiger partial charge in [-0.05, 0) is 88.2 Å². The molecule has 2 N–H and O–H groups in total. The van der Waals surface area contributed by atoms with Crippen LogP contribution in [-0.2, 0) is 26.2 Å². The van der Waals surface area contributed by atoms with Crippen molar-refractivity contribution in [3.05, 3.63) is 107 Å². The number of unbranched alkanes of at least 4 members (excludes halogenated alkanes) is 6. The van der Waals surface area contributed by atoms with E-state index in [1.807, 2.05) is 0 Å². The Kier molecular flexibility index (Phi) is 16.3. The van der Waals surface area contributed by atoms with Gasteiger partial charge in [-0.25, -0.2) is 0 Å². The van der Waals surface area contributed by atoms with E-state index in [9.17, 15) is 0 Å². The predicted molar refractivity (Wildman–Crippen MR) is 172 cm³/mol. The van der Waals surface area contributed by atoms with Crippen LogP contribution in [0.4, 0.5) is 0 Å². The van der Waals surface area contributed by atoms with E-state index < -0.39 is 0 Å². The van der Waals surface area contributed by atoms with Gasteiger partial charge in [-0.1, -0.05) is 111 Å². The lowest BCUT2D eigenvalue weighted by atomic mass is 10.1. The molecule has 218 valence electrons. The van der Waals surface area contributed by atoms with Crippen LogP contribution in [0.2, 0.25) is 0 Å². The highest BCUT2D eigenvalue weighted by Crippen LogP contribution is 2.08. The van der Waals surface area contributed by atoms with E-state index in [0.717, 1.165) is 39.3 Å². The van der Waals surface area contributed by atoms with E-state index in [2.05, 4.69) is 119 Å². The first-order valence-corrected chi connectivity index (χ1v) is 15.6. The smallest absolute Gasteiger partial charge is 0.0230 e. The molecule has 0 spiro atoms. The molecule has 0 saturated heterocycles. The van der Waals surface area contributed by atoms with Crippen molar-refractivity contribution in [3.63, 3.8) is 0 Å². The van der Waals surface area contributed by atoms with Gasteiger partial charge in [0.15, 0.2) is 0 Å². The standard InChI is InChI=1S/C36H54N4/c1-39(31-35-17-9-7-10-18-35)27-15-5-3-13-25-37-29-33-21-23-34(24-22-33)30-38-26-14-4-6-16-28-40(2)32-36-19-11-8-12-20-36/h7-12,17-24,37-38H,3-6,13-16,25-32H2,1-2H3. The van der Waals surface area contributed by atoms with Crippen LogP contribution in [0.25, 0.3) is 0 Å². The number of benzene rings is 3. The molecule has 40 heavy (non-hydrogen) atoms. The first kappa shape index (κ1) is 32.0. The second kappa shape index (κ2) is 20.4. The quantitative estimate of drug-likeness (QED) is 0.131. The Balaban J connectivity index is 1.10. The molecule has 0 atom stereocenters. The van der Waals surface area contributed by atoms with Crippen LogP contribution in [0.3, 0.4) is 0 Å². The lowest BCUT2D eigenvalue weighted by Crippen LogP contribution is -2.19. The van der Waals surface area contributed by atoms with E-state index in [0.29, 0.717) is 0 Å². The Morgan fingerprint density at radius 1 is 0.425 bits per heavy atom. The van der Waals surface area contributed by atoms with Crippen LogP contribution >= 0.6 is 0 Å². The Morgan fingerprint density at radius 3 is 1.20 bits per heavy atom. The van der Waals surface area contributed by atoms with Gasteiger partial charge in [-0.15, -0.1) is 0 Å². The summed E-state index contributed by atoms with van der Waals surface area (Å²) in [5, 5.41) is 7.24. The molecule has 4 nitrogen and oxygen atoms in total. The van der Waals surface area contributed by atoms with Gasteiger partial charge in [0.05, 0.1) is 0 Å². The summed E-state index contributed by atoms with van der Waals surface area (Å²) in [7, 11) is 4.46. The number of rotatable bonds is 22. The molecule has 0 unspecified atom stereocenters. The summed E-state index contributed by atoms with van der Waals surface area (Å²) in [6.07, 6.45) is 10.3. The van der Waals surface area contributed by atoms with Crippen molar-refractivity contribution in [2.75, 3.05) is 40.3 Å². The topological polar surface area (TPSA) is 30.5 Å². The summed E-state index contributed by atoms with van der Waals surface area (Å²) >= 11 is 0. The molecule has 0 radical (unpaired) electrons. The largest absolute Gasteiger partial charge is 0.313 e. The Bertz CT molecular complexity index is 908. The zero-order chi connectivity index (χ0) is 28.1. The third-order valence-electron chi connectivity index (χ3n) is 7.56. The van der Waals surface area contributed by atoms with Crippen molar-refractivity contribution in [1.29, 1.82) is 0 Å². The van der Waals surface area contributed by atoms with Crippen molar-refractivity contribution in [3.8, 4) is 0 Å². The summed E-state index contributed by atoms with van der Waals surface area (Å²) < 4.78 is 0. The number of hydrogen-bond donors (Lipinski definition) is 2. The fraction of sp³-hybridized carbons (Fsp3) is 0.500. The highest BCUT2D eigenvalue weighted by Gasteiger charge is 2.02. The molecule has 3 rings (SSSR count). The van der Waals surface area contributed by atoms with Gasteiger partial charge in [-0.2, -0.15) is 0 Å². The minimum atomic E-state index is 0.966. The SMILES string of the molecule is CN(CCCCCCNCc1ccc(CNCCCCCCN(C)Cc2ccccc2)cc1)Cc1ccccc1. The van der Waals surface area contributed by atoms with Crippen molar-refractivity contribution in [2.45, 2.75) is 77.5 Å². The highest BCUT2D eigenvalue weighted by molar-refractivity contribution is 5.22. The average Bonchev–Trinajstić information content (AvgIpc) is 2.97. The maximum atomic E-state index is 3.62. The molecule has 0 fully saturated rings. The molecule has 0 saturated carbocycles. The maximum Gasteiger partial charge on any atom is 0.0230 e. The van der Waals surface area contributed by atoms with Crippen molar-refractivity contribution in [2.24, 2.45) is 0 Å². The molecule has 0 aliphatic rings. The molecule has 0 heterocycles. The van der Waals surface area contributed by atoms with Crippen LogP contribution < -0.4 is 10.6 Å². The van der Waals surface area contributed by atoms with E-state index in [1.165, 1.54) is 86.7 Å². The number of nitrogens with one attached hydrogen (secondary N) is 2. The summed E-state index contributed by atoms with van der Waals surface area (Å²) in [5.74, 6) is 0.